The minimum absolute atomic E-state index is 0.143. The van der Waals surface area contributed by atoms with Crippen LogP contribution < -0.4 is 0 Å². The Hall–Kier alpha value is -1.68. The van der Waals surface area contributed by atoms with E-state index in [1.54, 1.807) is 0 Å². The van der Waals surface area contributed by atoms with Crippen molar-refractivity contribution in [3.8, 4) is 0 Å². The smallest absolute Gasteiger partial charge is 0.108 e. The van der Waals surface area contributed by atoms with Gasteiger partial charge in [-0.05, 0) is 42.9 Å². The fraction of sp³-hybridized carbons (Fsp3) is 0.478. The highest BCUT2D eigenvalue weighted by Gasteiger charge is 2.25. The van der Waals surface area contributed by atoms with Gasteiger partial charge < -0.3 is 14.7 Å². The molecular weight excluding hydrogens is 322 g/mol. The van der Waals surface area contributed by atoms with Crippen LogP contribution in [-0.2, 0) is 4.74 Å². The number of ether oxygens (including phenoxy) is 1. The maximum Gasteiger partial charge on any atom is 0.108 e. The van der Waals surface area contributed by atoms with Gasteiger partial charge in [-0.25, -0.2) is 0 Å². The molecule has 0 bridgehead atoms. The number of benzene rings is 2. The van der Waals surface area contributed by atoms with Crippen molar-refractivity contribution in [1.82, 2.24) is 4.90 Å². The molecule has 1 saturated carbocycles. The first-order valence-electron chi connectivity index (χ1n) is 9.88. The molecule has 3 nitrogen and oxygen atoms in total. The zero-order valence-electron chi connectivity index (χ0n) is 15.8. The molecule has 1 atom stereocenters. The van der Waals surface area contributed by atoms with Crippen LogP contribution in [0.3, 0.4) is 0 Å². The molecular formula is C23H31NO2. The van der Waals surface area contributed by atoms with Gasteiger partial charge in [0.1, 0.15) is 6.10 Å². The maximum atomic E-state index is 10.6. The summed E-state index contributed by atoms with van der Waals surface area (Å²) in [4.78, 5) is 2.39. The molecule has 0 heterocycles. The third kappa shape index (κ3) is 5.94. The second-order valence-corrected chi connectivity index (χ2v) is 7.39. The molecule has 1 aliphatic carbocycles. The van der Waals surface area contributed by atoms with Crippen molar-refractivity contribution in [3.63, 3.8) is 0 Å². The molecule has 3 rings (SSSR count). The fourth-order valence-corrected chi connectivity index (χ4v) is 3.44. The summed E-state index contributed by atoms with van der Waals surface area (Å²) < 4.78 is 6.20. The van der Waals surface area contributed by atoms with Crippen LogP contribution in [0.4, 0.5) is 0 Å². The average molecular weight is 354 g/mol. The molecule has 2 aromatic carbocycles. The van der Waals surface area contributed by atoms with Crippen LogP contribution in [0.5, 0.6) is 0 Å². The van der Waals surface area contributed by atoms with Crippen molar-refractivity contribution in [1.29, 1.82) is 0 Å². The van der Waals surface area contributed by atoms with E-state index in [0.29, 0.717) is 13.2 Å². The number of hydrogen-bond donors (Lipinski definition) is 1. The highest BCUT2D eigenvalue weighted by atomic mass is 16.5. The zero-order chi connectivity index (χ0) is 18.2. The Morgan fingerprint density at radius 1 is 1.00 bits per heavy atom. The highest BCUT2D eigenvalue weighted by molar-refractivity contribution is 5.29. The zero-order valence-corrected chi connectivity index (χ0v) is 15.8. The van der Waals surface area contributed by atoms with Crippen LogP contribution >= 0.6 is 0 Å². The normalized spacial score (nSPS) is 15.5. The first-order chi connectivity index (χ1) is 12.8. The quantitative estimate of drug-likeness (QED) is 0.655. The molecule has 26 heavy (non-hydrogen) atoms. The van der Waals surface area contributed by atoms with Crippen LogP contribution in [0.1, 0.15) is 43.4 Å². The topological polar surface area (TPSA) is 32.7 Å². The van der Waals surface area contributed by atoms with Crippen LogP contribution in [0.2, 0.25) is 0 Å². The number of hydrogen-bond acceptors (Lipinski definition) is 3. The monoisotopic (exact) mass is 353 g/mol. The standard InChI is InChI=1S/C23H31NO2/c1-2-15-24(16-19-13-14-19)17-22(25)18-26-23(20-9-5-3-6-10-20)21-11-7-4-8-12-21/h3-12,19,22-23,25H,2,13-18H2,1H3. The summed E-state index contributed by atoms with van der Waals surface area (Å²) in [5.74, 6) is 0.844. The van der Waals surface area contributed by atoms with Crippen LogP contribution in [-0.4, -0.2) is 42.4 Å². The molecule has 0 radical (unpaired) electrons. The Labute approximate surface area is 157 Å². The van der Waals surface area contributed by atoms with Crippen LogP contribution in [0.25, 0.3) is 0 Å². The van der Waals surface area contributed by atoms with E-state index in [1.165, 1.54) is 12.8 Å². The lowest BCUT2D eigenvalue weighted by atomic mass is 10.0. The van der Waals surface area contributed by atoms with Gasteiger partial charge >= 0.3 is 0 Å². The van der Waals surface area contributed by atoms with Crippen molar-refractivity contribution in [2.75, 3.05) is 26.2 Å². The maximum absolute atomic E-state index is 10.6. The molecule has 0 saturated heterocycles. The summed E-state index contributed by atoms with van der Waals surface area (Å²) in [6, 6.07) is 20.5. The van der Waals surface area contributed by atoms with Gasteiger partial charge in [-0.1, -0.05) is 67.6 Å². The van der Waals surface area contributed by atoms with E-state index in [9.17, 15) is 5.11 Å². The Bertz CT molecular complexity index is 588. The number of aliphatic hydroxyl groups is 1. The van der Waals surface area contributed by atoms with Gasteiger partial charge in [0, 0.05) is 13.1 Å². The van der Waals surface area contributed by atoms with E-state index in [1.807, 2.05) is 36.4 Å². The van der Waals surface area contributed by atoms with E-state index in [4.69, 9.17) is 4.74 Å². The molecule has 0 aliphatic heterocycles. The van der Waals surface area contributed by atoms with Crippen molar-refractivity contribution in [2.24, 2.45) is 5.92 Å². The van der Waals surface area contributed by atoms with E-state index in [0.717, 1.165) is 36.6 Å². The van der Waals surface area contributed by atoms with Gasteiger partial charge in [0.05, 0.1) is 12.7 Å². The molecule has 1 N–H and O–H groups in total. The SMILES string of the molecule is CCCN(CC(O)COC(c1ccccc1)c1ccccc1)CC1CC1. The molecule has 0 aromatic heterocycles. The molecule has 3 heteroatoms. The number of aliphatic hydroxyl groups excluding tert-OH is 1. The number of rotatable bonds is 11. The Morgan fingerprint density at radius 3 is 2.08 bits per heavy atom. The minimum Gasteiger partial charge on any atom is -0.389 e. The summed E-state index contributed by atoms with van der Waals surface area (Å²) in [6.07, 6.45) is 3.20. The molecule has 1 unspecified atom stereocenters. The fourth-order valence-electron chi connectivity index (χ4n) is 3.44. The second-order valence-electron chi connectivity index (χ2n) is 7.39. The van der Waals surface area contributed by atoms with Gasteiger partial charge in [-0.15, -0.1) is 0 Å². The van der Waals surface area contributed by atoms with Crippen molar-refractivity contribution in [2.45, 2.75) is 38.4 Å². The molecule has 1 aliphatic rings. The Morgan fingerprint density at radius 2 is 1.58 bits per heavy atom. The van der Waals surface area contributed by atoms with E-state index in [-0.39, 0.29) is 6.10 Å². The van der Waals surface area contributed by atoms with Gasteiger partial charge in [-0.3, -0.25) is 0 Å². The molecule has 1 fully saturated rings. The lowest BCUT2D eigenvalue weighted by Gasteiger charge is -2.26. The Kier molecular flexibility index (Phi) is 7.24. The molecule has 2 aromatic rings. The molecule has 0 spiro atoms. The average Bonchev–Trinajstić information content (AvgIpc) is 3.48. The second kappa shape index (κ2) is 9.86. The third-order valence-electron chi connectivity index (χ3n) is 4.88. The van der Waals surface area contributed by atoms with Gasteiger partial charge in [0.15, 0.2) is 0 Å². The Balaban J connectivity index is 1.60. The highest BCUT2D eigenvalue weighted by Crippen LogP contribution is 2.30. The van der Waals surface area contributed by atoms with Crippen molar-refractivity contribution < 1.29 is 9.84 Å². The first-order valence-corrected chi connectivity index (χ1v) is 9.88. The summed E-state index contributed by atoms with van der Waals surface area (Å²) in [6.45, 7) is 5.41. The van der Waals surface area contributed by atoms with Crippen molar-refractivity contribution in [3.05, 3.63) is 71.8 Å². The summed E-state index contributed by atoms with van der Waals surface area (Å²) in [5.41, 5.74) is 2.24. The molecule has 0 amide bonds. The summed E-state index contributed by atoms with van der Waals surface area (Å²) in [7, 11) is 0. The van der Waals surface area contributed by atoms with Gasteiger partial charge in [0.2, 0.25) is 0 Å². The van der Waals surface area contributed by atoms with Crippen LogP contribution in [0, 0.1) is 5.92 Å². The largest absolute Gasteiger partial charge is 0.389 e. The van der Waals surface area contributed by atoms with E-state index in [2.05, 4.69) is 36.1 Å². The first kappa shape index (κ1) is 19.1. The summed E-state index contributed by atoms with van der Waals surface area (Å²) >= 11 is 0. The number of nitrogens with zero attached hydrogens (tertiary/aromatic N) is 1. The van der Waals surface area contributed by atoms with Gasteiger partial charge in [0.25, 0.3) is 0 Å². The van der Waals surface area contributed by atoms with Crippen LogP contribution in [0.15, 0.2) is 60.7 Å². The molecule has 140 valence electrons. The van der Waals surface area contributed by atoms with E-state index < -0.39 is 6.10 Å². The van der Waals surface area contributed by atoms with E-state index >= 15 is 0 Å². The lowest BCUT2D eigenvalue weighted by molar-refractivity contribution is -0.00890. The lowest BCUT2D eigenvalue weighted by Crippen LogP contribution is -2.37. The summed E-state index contributed by atoms with van der Waals surface area (Å²) in [5, 5.41) is 10.6. The third-order valence-corrected chi connectivity index (χ3v) is 4.88. The predicted octanol–water partition coefficient (Wildman–Crippen LogP) is 4.28. The van der Waals surface area contributed by atoms with Gasteiger partial charge in [-0.2, -0.15) is 0 Å². The predicted molar refractivity (Wildman–Crippen MR) is 106 cm³/mol. The minimum atomic E-state index is -0.463. The van der Waals surface area contributed by atoms with Crippen molar-refractivity contribution >= 4 is 0 Å².